The van der Waals surface area contributed by atoms with Crippen LogP contribution in [0, 0.1) is 0 Å². The number of carbonyl (C=O) groups excluding carboxylic acids is 2. The molecule has 6 heteroatoms. The molecule has 19 heavy (non-hydrogen) atoms. The molecule has 0 saturated carbocycles. The van der Waals surface area contributed by atoms with Gasteiger partial charge >= 0.3 is 0 Å². The summed E-state index contributed by atoms with van der Waals surface area (Å²) in [7, 11) is 1.86. The maximum absolute atomic E-state index is 12.1. The van der Waals surface area contributed by atoms with Crippen LogP contribution >= 0.6 is 12.4 Å². The Kier molecular flexibility index (Phi) is 8.76. The van der Waals surface area contributed by atoms with E-state index in [0.717, 1.165) is 25.8 Å². The fraction of sp³-hybridized carbons (Fsp3) is 0.846. The molecule has 1 heterocycles. The molecule has 0 radical (unpaired) electrons. The molecule has 0 aliphatic carbocycles. The molecule has 2 amide bonds. The third-order valence-corrected chi connectivity index (χ3v) is 3.41. The van der Waals surface area contributed by atoms with Crippen molar-refractivity contribution in [1.29, 1.82) is 0 Å². The van der Waals surface area contributed by atoms with Crippen molar-refractivity contribution in [3.8, 4) is 0 Å². The number of likely N-dealkylation sites (tertiary alicyclic amines) is 1. The lowest BCUT2D eigenvalue weighted by atomic mass is 10.2. The number of halogens is 1. The van der Waals surface area contributed by atoms with Crippen LogP contribution in [0.25, 0.3) is 0 Å². The maximum atomic E-state index is 12.1. The Hall–Kier alpha value is -0.810. The van der Waals surface area contributed by atoms with Crippen LogP contribution in [0.15, 0.2) is 0 Å². The van der Waals surface area contributed by atoms with Gasteiger partial charge in [-0.15, -0.1) is 12.4 Å². The molecule has 5 nitrogen and oxygen atoms in total. The van der Waals surface area contributed by atoms with Gasteiger partial charge in [-0.3, -0.25) is 9.59 Å². The van der Waals surface area contributed by atoms with Crippen molar-refractivity contribution in [1.82, 2.24) is 15.5 Å². The SMILES string of the molecule is CCCC(=O)N1CCCC1C(=O)NCC(C)NC.Cl. The maximum Gasteiger partial charge on any atom is 0.242 e. The number of carbonyl (C=O) groups is 2. The van der Waals surface area contributed by atoms with Crippen molar-refractivity contribution in [2.75, 3.05) is 20.1 Å². The Morgan fingerprint density at radius 3 is 2.68 bits per heavy atom. The quantitative estimate of drug-likeness (QED) is 0.765. The van der Waals surface area contributed by atoms with Crippen LogP contribution in [0.4, 0.5) is 0 Å². The van der Waals surface area contributed by atoms with Crippen LogP contribution in [-0.4, -0.2) is 48.9 Å². The van der Waals surface area contributed by atoms with E-state index in [2.05, 4.69) is 10.6 Å². The largest absolute Gasteiger partial charge is 0.353 e. The van der Waals surface area contributed by atoms with E-state index in [0.29, 0.717) is 13.0 Å². The Morgan fingerprint density at radius 2 is 2.11 bits per heavy atom. The minimum absolute atomic E-state index is 0. The van der Waals surface area contributed by atoms with Crippen LogP contribution < -0.4 is 10.6 Å². The highest BCUT2D eigenvalue weighted by Gasteiger charge is 2.33. The monoisotopic (exact) mass is 291 g/mol. The fourth-order valence-corrected chi connectivity index (χ4v) is 2.17. The van der Waals surface area contributed by atoms with Crippen molar-refractivity contribution in [3.05, 3.63) is 0 Å². The van der Waals surface area contributed by atoms with Crippen molar-refractivity contribution in [2.24, 2.45) is 0 Å². The van der Waals surface area contributed by atoms with Crippen LogP contribution in [0.3, 0.4) is 0 Å². The summed E-state index contributed by atoms with van der Waals surface area (Å²) in [5.41, 5.74) is 0. The van der Waals surface area contributed by atoms with Gasteiger partial charge in [0.05, 0.1) is 0 Å². The second kappa shape index (κ2) is 9.15. The Labute approximate surface area is 121 Å². The molecule has 1 saturated heterocycles. The van der Waals surface area contributed by atoms with E-state index in [4.69, 9.17) is 0 Å². The summed E-state index contributed by atoms with van der Waals surface area (Å²) in [5.74, 6) is 0.0934. The molecular weight excluding hydrogens is 266 g/mol. The molecule has 0 aromatic heterocycles. The molecule has 0 spiro atoms. The highest BCUT2D eigenvalue weighted by atomic mass is 35.5. The van der Waals surface area contributed by atoms with E-state index in [1.54, 1.807) is 4.90 Å². The van der Waals surface area contributed by atoms with Crippen LogP contribution in [0.1, 0.15) is 39.5 Å². The van der Waals surface area contributed by atoms with Crippen molar-refractivity contribution >= 4 is 24.2 Å². The lowest BCUT2D eigenvalue weighted by Gasteiger charge is -2.24. The summed E-state index contributed by atoms with van der Waals surface area (Å²) in [6, 6.07) is -0.0109. The second-order valence-electron chi connectivity index (χ2n) is 4.93. The number of hydrogen-bond donors (Lipinski definition) is 2. The molecule has 1 fully saturated rings. The zero-order valence-electron chi connectivity index (χ0n) is 12.1. The Balaban J connectivity index is 0.00000324. The van der Waals surface area contributed by atoms with Gasteiger partial charge < -0.3 is 15.5 Å². The van der Waals surface area contributed by atoms with E-state index in [1.807, 2.05) is 20.9 Å². The lowest BCUT2D eigenvalue weighted by molar-refractivity contribution is -0.138. The molecule has 2 unspecified atom stereocenters. The van der Waals surface area contributed by atoms with Crippen LogP contribution in [0.5, 0.6) is 0 Å². The van der Waals surface area contributed by atoms with Crippen LogP contribution in [-0.2, 0) is 9.59 Å². The van der Waals surface area contributed by atoms with E-state index in [9.17, 15) is 9.59 Å². The first kappa shape index (κ1) is 18.2. The summed E-state index contributed by atoms with van der Waals surface area (Å²) >= 11 is 0. The van der Waals surface area contributed by atoms with E-state index < -0.39 is 0 Å². The van der Waals surface area contributed by atoms with E-state index in [-0.39, 0.29) is 36.3 Å². The third kappa shape index (κ3) is 5.37. The topological polar surface area (TPSA) is 61.4 Å². The highest BCUT2D eigenvalue weighted by molar-refractivity contribution is 5.88. The second-order valence-corrected chi connectivity index (χ2v) is 4.93. The average molecular weight is 292 g/mol. The van der Waals surface area contributed by atoms with Gasteiger partial charge in [-0.25, -0.2) is 0 Å². The smallest absolute Gasteiger partial charge is 0.242 e. The first-order valence-corrected chi connectivity index (χ1v) is 6.84. The molecule has 0 bridgehead atoms. The summed E-state index contributed by atoms with van der Waals surface area (Å²) in [4.78, 5) is 25.7. The highest BCUT2D eigenvalue weighted by Crippen LogP contribution is 2.18. The van der Waals surface area contributed by atoms with Crippen molar-refractivity contribution < 1.29 is 9.59 Å². The molecule has 0 aromatic carbocycles. The number of nitrogens with one attached hydrogen (secondary N) is 2. The predicted molar refractivity (Wildman–Crippen MR) is 78.4 cm³/mol. The lowest BCUT2D eigenvalue weighted by Crippen LogP contribution is -2.48. The first-order chi connectivity index (χ1) is 8.60. The average Bonchev–Trinajstić information content (AvgIpc) is 2.85. The first-order valence-electron chi connectivity index (χ1n) is 6.84. The number of rotatable bonds is 6. The van der Waals surface area contributed by atoms with Gasteiger partial charge in [-0.2, -0.15) is 0 Å². The Morgan fingerprint density at radius 1 is 1.42 bits per heavy atom. The Bertz CT molecular complexity index is 300. The summed E-state index contributed by atoms with van der Waals surface area (Å²) < 4.78 is 0. The summed E-state index contributed by atoms with van der Waals surface area (Å²) in [5, 5.41) is 5.98. The zero-order valence-corrected chi connectivity index (χ0v) is 12.9. The van der Waals surface area contributed by atoms with Gasteiger partial charge in [-0.05, 0) is 33.2 Å². The van der Waals surface area contributed by atoms with Gasteiger partial charge in [0.15, 0.2) is 0 Å². The minimum Gasteiger partial charge on any atom is -0.353 e. The molecule has 1 rings (SSSR count). The molecule has 112 valence electrons. The summed E-state index contributed by atoms with van der Waals surface area (Å²) in [6.45, 7) is 5.31. The van der Waals surface area contributed by atoms with Gasteiger partial charge in [0, 0.05) is 25.6 Å². The van der Waals surface area contributed by atoms with Gasteiger partial charge in [0.25, 0.3) is 0 Å². The van der Waals surface area contributed by atoms with E-state index in [1.165, 1.54) is 0 Å². The molecule has 0 aromatic rings. The van der Waals surface area contributed by atoms with Crippen LogP contribution in [0.2, 0.25) is 0 Å². The normalized spacial score (nSPS) is 19.7. The number of amides is 2. The molecule has 1 aliphatic rings. The van der Waals surface area contributed by atoms with E-state index >= 15 is 0 Å². The molecular formula is C13H26ClN3O2. The minimum atomic E-state index is -0.256. The zero-order chi connectivity index (χ0) is 13.5. The van der Waals surface area contributed by atoms with Gasteiger partial charge in [-0.1, -0.05) is 6.92 Å². The number of nitrogens with zero attached hydrogens (tertiary/aromatic N) is 1. The number of likely N-dealkylation sites (N-methyl/N-ethyl adjacent to an activating group) is 1. The molecule has 2 atom stereocenters. The molecule has 1 aliphatic heterocycles. The van der Waals surface area contributed by atoms with Crippen molar-refractivity contribution in [3.63, 3.8) is 0 Å². The van der Waals surface area contributed by atoms with Crippen molar-refractivity contribution in [2.45, 2.75) is 51.6 Å². The number of hydrogen-bond acceptors (Lipinski definition) is 3. The van der Waals surface area contributed by atoms with Gasteiger partial charge in [0.2, 0.25) is 11.8 Å². The van der Waals surface area contributed by atoms with Gasteiger partial charge in [0.1, 0.15) is 6.04 Å². The molecule has 2 N–H and O–H groups in total. The standard InChI is InChI=1S/C13H25N3O2.ClH/c1-4-6-12(17)16-8-5-7-11(16)13(18)15-9-10(2)14-3;/h10-11,14H,4-9H2,1-3H3,(H,15,18);1H. The third-order valence-electron chi connectivity index (χ3n) is 3.41. The summed E-state index contributed by atoms with van der Waals surface area (Å²) in [6.07, 6.45) is 3.08. The predicted octanol–water partition coefficient (Wildman–Crippen LogP) is 0.923. The fourth-order valence-electron chi connectivity index (χ4n) is 2.17.